The molecule has 2 heterocycles. The van der Waals surface area contributed by atoms with Crippen LogP contribution in [0.25, 0.3) is 0 Å². The number of esters is 1. The van der Waals surface area contributed by atoms with Crippen LogP contribution in [0, 0.1) is 10.1 Å². The summed E-state index contributed by atoms with van der Waals surface area (Å²) in [5.74, 6) is -0.144. The Hall–Kier alpha value is -2.15. The summed E-state index contributed by atoms with van der Waals surface area (Å²) in [5, 5.41) is 11.1. The Labute approximate surface area is 122 Å². The lowest BCUT2D eigenvalue weighted by Gasteiger charge is -2.37. The zero-order valence-electron chi connectivity index (χ0n) is 11.6. The zero-order valence-corrected chi connectivity index (χ0v) is 11.6. The van der Waals surface area contributed by atoms with E-state index in [1.807, 2.05) is 11.0 Å². The van der Waals surface area contributed by atoms with Gasteiger partial charge in [0.25, 0.3) is 5.69 Å². The van der Waals surface area contributed by atoms with Crippen molar-refractivity contribution in [1.82, 2.24) is 4.90 Å². The number of nitro groups is 1. The molecular formula is C14H17N3O4. The van der Waals surface area contributed by atoms with Gasteiger partial charge in [-0.2, -0.15) is 0 Å². The van der Waals surface area contributed by atoms with Crippen molar-refractivity contribution in [3.8, 4) is 0 Å². The number of benzene rings is 1. The van der Waals surface area contributed by atoms with E-state index >= 15 is 0 Å². The number of ether oxygens (including phenoxy) is 1. The minimum absolute atomic E-state index is 0.131. The van der Waals surface area contributed by atoms with E-state index in [0.717, 1.165) is 6.42 Å². The number of rotatable bonds is 3. The van der Waals surface area contributed by atoms with Crippen molar-refractivity contribution < 1.29 is 14.5 Å². The van der Waals surface area contributed by atoms with Gasteiger partial charge in [0.1, 0.15) is 11.7 Å². The van der Waals surface area contributed by atoms with Crippen LogP contribution in [0.4, 0.5) is 11.4 Å². The summed E-state index contributed by atoms with van der Waals surface area (Å²) in [6, 6.07) is 6.64. The molecule has 21 heavy (non-hydrogen) atoms. The maximum Gasteiger partial charge on any atom is 0.323 e. The fourth-order valence-electron chi connectivity index (χ4n) is 2.98. The van der Waals surface area contributed by atoms with Crippen molar-refractivity contribution in [3.05, 3.63) is 34.4 Å². The van der Waals surface area contributed by atoms with Crippen LogP contribution < -0.4 is 4.90 Å². The highest BCUT2D eigenvalue weighted by atomic mass is 16.6. The first kappa shape index (κ1) is 13.8. The lowest BCUT2D eigenvalue weighted by atomic mass is 10.1. The van der Waals surface area contributed by atoms with Crippen molar-refractivity contribution in [2.45, 2.75) is 12.5 Å². The average molecular weight is 291 g/mol. The van der Waals surface area contributed by atoms with E-state index in [1.165, 1.54) is 6.07 Å². The van der Waals surface area contributed by atoms with Crippen LogP contribution in [0.5, 0.6) is 0 Å². The largest absolute Gasteiger partial charge is 0.464 e. The minimum atomic E-state index is -0.351. The van der Waals surface area contributed by atoms with Crippen molar-refractivity contribution in [2.75, 3.05) is 37.7 Å². The van der Waals surface area contributed by atoms with Crippen LogP contribution in [0.15, 0.2) is 24.3 Å². The highest BCUT2D eigenvalue weighted by molar-refractivity contribution is 5.77. The Bertz CT molecular complexity index is 555. The maximum atomic E-state index is 11.6. The van der Waals surface area contributed by atoms with Gasteiger partial charge < -0.3 is 9.64 Å². The van der Waals surface area contributed by atoms with E-state index in [9.17, 15) is 14.9 Å². The predicted octanol–water partition coefficient (Wildman–Crippen LogP) is 1.03. The van der Waals surface area contributed by atoms with E-state index < -0.39 is 0 Å². The zero-order chi connectivity index (χ0) is 14.8. The molecule has 0 aromatic heterocycles. The Kier molecular flexibility index (Phi) is 3.74. The number of para-hydroxylation sites is 2. The molecule has 0 spiro atoms. The average Bonchev–Trinajstić information content (AvgIpc) is 2.93. The maximum absolute atomic E-state index is 11.6. The molecule has 1 aromatic rings. The van der Waals surface area contributed by atoms with E-state index in [2.05, 4.69) is 4.90 Å². The van der Waals surface area contributed by atoms with Crippen LogP contribution >= 0.6 is 0 Å². The molecule has 0 saturated carbocycles. The van der Waals surface area contributed by atoms with Gasteiger partial charge in [0.15, 0.2) is 0 Å². The van der Waals surface area contributed by atoms with Gasteiger partial charge in [-0.3, -0.25) is 19.8 Å². The topological polar surface area (TPSA) is 75.9 Å². The first-order valence-corrected chi connectivity index (χ1v) is 7.06. The molecule has 2 saturated heterocycles. The molecule has 0 N–H and O–H groups in total. The molecule has 0 aliphatic carbocycles. The van der Waals surface area contributed by atoms with E-state index in [-0.39, 0.29) is 22.6 Å². The van der Waals surface area contributed by atoms with E-state index in [0.29, 0.717) is 38.5 Å². The number of nitrogens with zero attached hydrogens (tertiary/aromatic N) is 3. The highest BCUT2D eigenvalue weighted by Gasteiger charge is 2.34. The van der Waals surface area contributed by atoms with Crippen LogP contribution in [0.2, 0.25) is 0 Å². The van der Waals surface area contributed by atoms with Gasteiger partial charge in [0.2, 0.25) is 0 Å². The molecule has 2 aliphatic rings. The molecule has 2 fully saturated rings. The summed E-state index contributed by atoms with van der Waals surface area (Å²) >= 11 is 0. The second-order valence-corrected chi connectivity index (χ2v) is 5.24. The molecule has 7 nitrogen and oxygen atoms in total. The predicted molar refractivity (Wildman–Crippen MR) is 76.2 cm³/mol. The second-order valence-electron chi connectivity index (χ2n) is 5.24. The molecule has 1 aromatic carbocycles. The number of carbonyl (C=O) groups excluding carboxylic acids is 1. The number of hydrogen-bond donors (Lipinski definition) is 0. The third-order valence-corrected chi connectivity index (χ3v) is 4.08. The number of piperazine rings is 1. The third kappa shape index (κ3) is 2.69. The van der Waals surface area contributed by atoms with E-state index in [1.54, 1.807) is 12.1 Å². The Morgan fingerprint density at radius 1 is 1.19 bits per heavy atom. The van der Waals surface area contributed by atoms with Crippen molar-refractivity contribution >= 4 is 17.3 Å². The van der Waals surface area contributed by atoms with Crippen molar-refractivity contribution in [3.63, 3.8) is 0 Å². The number of hydrogen-bond acceptors (Lipinski definition) is 6. The van der Waals surface area contributed by atoms with Crippen LogP contribution in [-0.2, 0) is 9.53 Å². The third-order valence-electron chi connectivity index (χ3n) is 4.08. The molecule has 2 aliphatic heterocycles. The fourth-order valence-corrected chi connectivity index (χ4v) is 2.98. The Morgan fingerprint density at radius 2 is 1.90 bits per heavy atom. The Morgan fingerprint density at radius 3 is 2.52 bits per heavy atom. The molecule has 3 rings (SSSR count). The van der Waals surface area contributed by atoms with Gasteiger partial charge in [0.05, 0.1) is 11.5 Å². The molecule has 1 unspecified atom stereocenters. The molecular weight excluding hydrogens is 274 g/mol. The highest BCUT2D eigenvalue weighted by Crippen LogP contribution is 2.29. The molecule has 0 bridgehead atoms. The number of anilines is 1. The summed E-state index contributed by atoms with van der Waals surface area (Å²) in [6.07, 6.45) is 0.740. The number of cyclic esters (lactones) is 1. The van der Waals surface area contributed by atoms with Crippen LogP contribution in [0.3, 0.4) is 0 Å². The quantitative estimate of drug-likeness (QED) is 0.470. The van der Waals surface area contributed by atoms with Gasteiger partial charge in [-0.1, -0.05) is 12.1 Å². The van der Waals surface area contributed by atoms with Gasteiger partial charge in [-0.25, -0.2) is 0 Å². The molecule has 112 valence electrons. The van der Waals surface area contributed by atoms with Gasteiger partial charge in [0, 0.05) is 38.7 Å². The summed E-state index contributed by atoms with van der Waals surface area (Å²) in [5.41, 5.74) is 0.780. The van der Waals surface area contributed by atoms with E-state index in [4.69, 9.17) is 4.74 Å². The fraction of sp³-hybridized carbons (Fsp3) is 0.500. The van der Waals surface area contributed by atoms with Gasteiger partial charge in [-0.05, 0) is 6.07 Å². The first-order valence-electron chi connectivity index (χ1n) is 7.06. The number of nitro benzene ring substituents is 1. The molecule has 1 atom stereocenters. The monoisotopic (exact) mass is 291 g/mol. The number of carbonyl (C=O) groups is 1. The smallest absolute Gasteiger partial charge is 0.323 e. The van der Waals surface area contributed by atoms with Crippen LogP contribution in [-0.4, -0.2) is 54.6 Å². The summed E-state index contributed by atoms with van der Waals surface area (Å²) in [6.45, 7) is 3.27. The molecule has 7 heteroatoms. The summed E-state index contributed by atoms with van der Waals surface area (Å²) in [7, 11) is 0. The SMILES string of the molecule is O=C1OCCC1N1CCN(c2ccccc2[N+](=O)[O-])CC1. The normalized spacial score (nSPS) is 23.1. The minimum Gasteiger partial charge on any atom is -0.464 e. The van der Waals surface area contributed by atoms with Crippen LogP contribution in [0.1, 0.15) is 6.42 Å². The lowest BCUT2D eigenvalue weighted by Crippen LogP contribution is -2.51. The second kappa shape index (κ2) is 5.69. The Balaban J connectivity index is 1.69. The standard InChI is InChI=1S/C14H17N3O4/c18-14-13(5-10-21-14)16-8-6-15(7-9-16)11-3-1-2-4-12(11)17(19)20/h1-4,13H,5-10H2. The summed E-state index contributed by atoms with van der Waals surface area (Å²) < 4.78 is 5.00. The van der Waals surface area contributed by atoms with Gasteiger partial charge >= 0.3 is 5.97 Å². The summed E-state index contributed by atoms with van der Waals surface area (Å²) in [4.78, 5) is 26.5. The lowest BCUT2D eigenvalue weighted by molar-refractivity contribution is -0.384. The van der Waals surface area contributed by atoms with Crippen molar-refractivity contribution in [2.24, 2.45) is 0 Å². The molecule has 0 radical (unpaired) electrons. The molecule has 0 amide bonds. The van der Waals surface area contributed by atoms with Gasteiger partial charge in [-0.15, -0.1) is 0 Å². The first-order chi connectivity index (χ1) is 10.2. The van der Waals surface area contributed by atoms with Crippen molar-refractivity contribution in [1.29, 1.82) is 0 Å².